The lowest BCUT2D eigenvalue weighted by atomic mass is 9.69. The van der Waals surface area contributed by atoms with Crippen molar-refractivity contribution >= 4 is 0 Å². The Morgan fingerprint density at radius 2 is 1.82 bits per heavy atom. The molecular formula is C15H32N2. The van der Waals surface area contributed by atoms with Crippen molar-refractivity contribution < 1.29 is 0 Å². The number of likely N-dealkylation sites (N-methyl/N-ethyl adjacent to an activating group) is 1. The molecule has 2 unspecified atom stereocenters. The molecule has 1 saturated carbocycles. The van der Waals surface area contributed by atoms with Crippen molar-refractivity contribution in [3.05, 3.63) is 0 Å². The molecular weight excluding hydrogens is 208 g/mol. The Morgan fingerprint density at radius 3 is 2.24 bits per heavy atom. The highest BCUT2D eigenvalue weighted by Gasteiger charge is 2.42. The molecule has 0 heterocycles. The van der Waals surface area contributed by atoms with Gasteiger partial charge in [-0.3, -0.25) is 0 Å². The fourth-order valence-corrected chi connectivity index (χ4v) is 3.51. The number of hydrogen-bond acceptors (Lipinski definition) is 2. The second-order valence-electron chi connectivity index (χ2n) is 6.47. The Balaban J connectivity index is 2.77. The molecule has 2 nitrogen and oxygen atoms in total. The molecule has 17 heavy (non-hydrogen) atoms. The predicted molar refractivity (Wildman–Crippen MR) is 76.1 cm³/mol. The second-order valence-corrected chi connectivity index (χ2v) is 6.47. The van der Waals surface area contributed by atoms with Crippen LogP contribution in [0.25, 0.3) is 0 Å². The van der Waals surface area contributed by atoms with Gasteiger partial charge in [0, 0.05) is 11.6 Å². The molecule has 1 aliphatic carbocycles. The number of rotatable bonds is 5. The van der Waals surface area contributed by atoms with E-state index in [9.17, 15) is 0 Å². The molecule has 1 fully saturated rings. The van der Waals surface area contributed by atoms with Gasteiger partial charge in [-0.15, -0.1) is 0 Å². The van der Waals surface area contributed by atoms with Crippen molar-refractivity contribution in [2.45, 2.75) is 70.9 Å². The summed E-state index contributed by atoms with van der Waals surface area (Å²) < 4.78 is 0. The number of nitrogens with zero attached hydrogens (tertiary/aromatic N) is 1. The average Bonchev–Trinajstić information content (AvgIpc) is 2.29. The van der Waals surface area contributed by atoms with E-state index in [4.69, 9.17) is 5.73 Å². The zero-order chi connectivity index (χ0) is 13.1. The van der Waals surface area contributed by atoms with Gasteiger partial charge in [0.25, 0.3) is 0 Å². The Hall–Kier alpha value is -0.0800. The van der Waals surface area contributed by atoms with Crippen LogP contribution in [-0.4, -0.2) is 30.6 Å². The standard InChI is InChI=1S/C15H32N2/c1-6-7-13(3)14(16)15(17(4)5)10-8-12(2)9-11-15/h12-14H,6-11,16H2,1-5H3. The predicted octanol–water partition coefficient (Wildman–Crippen LogP) is 3.26. The van der Waals surface area contributed by atoms with E-state index in [0.29, 0.717) is 12.0 Å². The van der Waals surface area contributed by atoms with Gasteiger partial charge >= 0.3 is 0 Å². The number of nitrogens with two attached hydrogens (primary N) is 1. The minimum Gasteiger partial charge on any atom is -0.326 e. The van der Waals surface area contributed by atoms with Crippen LogP contribution in [0.5, 0.6) is 0 Å². The molecule has 0 amide bonds. The van der Waals surface area contributed by atoms with Crippen molar-refractivity contribution in [3.8, 4) is 0 Å². The second kappa shape index (κ2) is 6.19. The lowest BCUT2D eigenvalue weighted by Crippen LogP contribution is -2.61. The van der Waals surface area contributed by atoms with Crippen molar-refractivity contribution in [1.82, 2.24) is 4.90 Å². The molecule has 102 valence electrons. The minimum atomic E-state index is 0.251. The molecule has 0 saturated heterocycles. The molecule has 2 N–H and O–H groups in total. The number of hydrogen-bond donors (Lipinski definition) is 1. The maximum Gasteiger partial charge on any atom is 0.0357 e. The van der Waals surface area contributed by atoms with Crippen LogP contribution in [-0.2, 0) is 0 Å². The average molecular weight is 240 g/mol. The first-order chi connectivity index (χ1) is 7.94. The monoisotopic (exact) mass is 240 g/mol. The van der Waals surface area contributed by atoms with Crippen LogP contribution in [0.3, 0.4) is 0 Å². The lowest BCUT2D eigenvalue weighted by Gasteiger charge is -2.50. The molecule has 2 heteroatoms. The first-order valence-corrected chi connectivity index (χ1v) is 7.37. The van der Waals surface area contributed by atoms with E-state index in [-0.39, 0.29) is 5.54 Å². The topological polar surface area (TPSA) is 29.3 Å². The SMILES string of the molecule is CCCC(C)C(N)C1(N(C)C)CCC(C)CC1. The van der Waals surface area contributed by atoms with Gasteiger partial charge in [-0.05, 0) is 58.0 Å². The zero-order valence-corrected chi connectivity index (χ0v) is 12.5. The Kier molecular flexibility index (Phi) is 5.46. The third-order valence-electron chi connectivity index (χ3n) is 5.01. The highest BCUT2D eigenvalue weighted by Crippen LogP contribution is 2.39. The lowest BCUT2D eigenvalue weighted by molar-refractivity contribution is 0.0376. The van der Waals surface area contributed by atoms with Gasteiger partial charge in [0.1, 0.15) is 0 Å². The van der Waals surface area contributed by atoms with E-state index in [2.05, 4.69) is 39.8 Å². The molecule has 0 radical (unpaired) electrons. The Morgan fingerprint density at radius 1 is 1.29 bits per heavy atom. The zero-order valence-electron chi connectivity index (χ0n) is 12.5. The van der Waals surface area contributed by atoms with Crippen molar-refractivity contribution in [2.75, 3.05) is 14.1 Å². The van der Waals surface area contributed by atoms with Crippen molar-refractivity contribution in [1.29, 1.82) is 0 Å². The normalized spacial score (nSPS) is 33.7. The van der Waals surface area contributed by atoms with E-state index in [0.717, 1.165) is 5.92 Å². The minimum absolute atomic E-state index is 0.251. The quantitative estimate of drug-likeness (QED) is 0.799. The molecule has 1 rings (SSSR count). The van der Waals surface area contributed by atoms with E-state index in [1.54, 1.807) is 0 Å². The maximum absolute atomic E-state index is 6.62. The van der Waals surface area contributed by atoms with E-state index in [1.165, 1.54) is 38.5 Å². The summed E-state index contributed by atoms with van der Waals surface area (Å²) in [4.78, 5) is 2.41. The molecule has 0 aromatic heterocycles. The van der Waals surface area contributed by atoms with Crippen molar-refractivity contribution in [2.24, 2.45) is 17.6 Å². The molecule has 0 aromatic rings. The van der Waals surface area contributed by atoms with E-state index >= 15 is 0 Å². The van der Waals surface area contributed by atoms with Crippen molar-refractivity contribution in [3.63, 3.8) is 0 Å². The molecule has 0 aromatic carbocycles. The van der Waals surface area contributed by atoms with Crippen LogP contribution < -0.4 is 5.73 Å². The molecule has 2 atom stereocenters. The van der Waals surface area contributed by atoms with Crippen LogP contribution >= 0.6 is 0 Å². The summed E-state index contributed by atoms with van der Waals surface area (Å²) in [5.74, 6) is 1.52. The first kappa shape index (κ1) is 15.0. The molecule has 0 spiro atoms. The van der Waals surface area contributed by atoms with Gasteiger partial charge in [-0.2, -0.15) is 0 Å². The first-order valence-electron chi connectivity index (χ1n) is 7.37. The molecule has 1 aliphatic rings. The fourth-order valence-electron chi connectivity index (χ4n) is 3.51. The van der Waals surface area contributed by atoms with Gasteiger partial charge in [0.15, 0.2) is 0 Å². The van der Waals surface area contributed by atoms with Gasteiger partial charge in [-0.25, -0.2) is 0 Å². The van der Waals surface area contributed by atoms with Gasteiger partial charge in [0.05, 0.1) is 0 Å². The summed E-state index contributed by atoms with van der Waals surface area (Å²) in [6.45, 7) is 6.96. The summed E-state index contributed by atoms with van der Waals surface area (Å²) >= 11 is 0. The Bertz CT molecular complexity index is 217. The van der Waals surface area contributed by atoms with E-state index in [1.807, 2.05) is 0 Å². The maximum atomic E-state index is 6.62. The fraction of sp³-hybridized carbons (Fsp3) is 1.00. The Labute approximate surface area is 108 Å². The summed E-state index contributed by atoms with van der Waals surface area (Å²) in [6, 6.07) is 0.324. The van der Waals surface area contributed by atoms with Crippen LogP contribution in [0.2, 0.25) is 0 Å². The highest BCUT2D eigenvalue weighted by atomic mass is 15.2. The van der Waals surface area contributed by atoms with Gasteiger partial charge in [0.2, 0.25) is 0 Å². The van der Waals surface area contributed by atoms with Crippen LogP contribution in [0.4, 0.5) is 0 Å². The van der Waals surface area contributed by atoms with Gasteiger partial charge < -0.3 is 10.6 Å². The van der Waals surface area contributed by atoms with Crippen LogP contribution in [0, 0.1) is 11.8 Å². The third-order valence-corrected chi connectivity index (χ3v) is 5.01. The van der Waals surface area contributed by atoms with Crippen LogP contribution in [0.15, 0.2) is 0 Å². The molecule has 0 bridgehead atoms. The summed E-state index contributed by atoms with van der Waals surface area (Å²) in [7, 11) is 4.43. The van der Waals surface area contributed by atoms with Crippen LogP contribution in [0.1, 0.15) is 59.3 Å². The van der Waals surface area contributed by atoms with Gasteiger partial charge in [-0.1, -0.05) is 27.2 Å². The summed E-state index contributed by atoms with van der Waals surface area (Å²) in [5, 5.41) is 0. The molecule has 0 aliphatic heterocycles. The van der Waals surface area contributed by atoms with E-state index < -0.39 is 0 Å². The summed E-state index contributed by atoms with van der Waals surface area (Å²) in [6.07, 6.45) is 7.73. The highest BCUT2D eigenvalue weighted by molar-refractivity contribution is 5.01. The largest absolute Gasteiger partial charge is 0.326 e. The summed E-state index contributed by atoms with van der Waals surface area (Å²) in [5.41, 5.74) is 6.87. The third kappa shape index (κ3) is 3.23. The smallest absolute Gasteiger partial charge is 0.0357 e.